The molecule has 0 aliphatic carbocycles. The van der Waals surface area contributed by atoms with E-state index in [2.05, 4.69) is 22.2 Å². The Morgan fingerprint density at radius 1 is 1.44 bits per heavy atom. The first-order chi connectivity index (χ1) is 12.1. The number of hydrogen-bond acceptors (Lipinski definition) is 4. The fourth-order valence-corrected chi connectivity index (χ4v) is 3.78. The second kappa shape index (κ2) is 7.79. The number of rotatable bonds is 4. The smallest absolute Gasteiger partial charge is 0.237 e. The molecule has 2 aliphatic rings. The third-order valence-electron chi connectivity index (χ3n) is 5.00. The van der Waals surface area contributed by atoms with E-state index < -0.39 is 0 Å². The van der Waals surface area contributed by atoms with Crippen molar-refractivity contribution in [1.29, 1.82) is 0 Å². The molecule has 0 spiro atoms. The SMILES string of the molecule is C#CCN1CCCC[C@@H]1C(=O)N[C@H]1CCOc2c(OC)cc(C)cc21. The monoisotopic (exact) mass is 342 g/mol. The predicted molar refractivity (Wildman–Crippen MR) is 96.8 cm³/mol. The summed E-state index contributed by atoms with van der Waals surface area (Å²) in [5.41, 5.74) is 2.09. The summed E-state index contributed by atoms with van der Waals surface area (Å²) in [6.45, 7) is 4.00. The molecule has 0 saturated carbocycles. The summed E-state index contributed by atoms with van der Waals surface area (Å²) in [4.78, 5) is 15.0. The Hall–Kier alpha value is -2.19. The van der Waals surface area contributed by atoms with Crippen molar-refractivity contribution in [3.05, 3.63) is 23.3 Å². The topological polar surface area (TPSA) is 50.8 Å². The maximum absolute atomic E-state index is 12.9. The number of terminal acetylenes is 1. The van der Waals surface area contributed by atoms with Crippen LogP contribution in [0.2, 0.25) is 0 Å². The van der Waals surface area contributed by atoms with E-state index in [0.29, 0.717) is 13.2 Å². The zero-order valence-electron chi connectivity index (χ0n) is 15.0. The van der Waals surface area contributed by atoms with Crippen LogP contribution in [0.5, 0.6) is 11.5 Å². The van der Waals surface area contributed by atoms with Gasteiger partial charge in [-0.3, -0.25) is 9.69 Å². The molecule has 25 heavy (non-hydrogen) atoms. The van der Waals surface area contributed by atoms with Crippen LogP contribution in [-0.4, -0.2) is 43.7 Å². The minimum Gasteiger partial charge on any atom is -0.493 e. The van der Waals surface area contributed by atoms with E-state index in [1.54, 1.807) is 7.11 Å². The van der Waals surface area contributed by atoms with Crippen molar-refractivity contribution < 1.29 is 14.3 Å². The van der Waals surface area contributed by atoms with Crippen molar-refractivity contribution in [2.75, 3.05) is 26.8 Å². The van der Waals surface area contributed by atoms with Crippen molar-refractivity contribution in [3.63, 3.8) is 0 Å². The van der Waals surface area contributed by atoms with Gasteiger partial charge in [-0.15, -0.1) is 6.42 Å². The third kappa shape index (κ3) is 3.74. The number of likely N-dealkylation sites (tertiary alicyclic amines) is 1. The van der Waals surface area contributed by atoms with Crippen LogP contribution in [0.3, 0.4) is 0 Å². The summed E-state index contributed by atoms with van der Waals surface area (Å²) in [5.74, 6) is 4.20. The molecule has 5 nitrogen and oxygen atoms in total. The molecule has 0 bridgehead atoms. The van der Waals surface area contributed by atoms with Gasteiger partial charge in [0.25, 0.3) is 0 Å². The second-order valence-electron chi connectivity index (χ2n) is 6.77. The quantitative estimate of drug-likeness (QED) is 0.854. The van der Waals surface area contributed by atoms with Crippen LogP contribution in [0.15, 0.2) is 12.1 Å². The predicted octanol–water partition coefficient (Wildman–Crippen LogP) is 2.43. The van der Waals surface area contributed by atoms with Crippen LogP contribution >= 0.6 is 0 Å². The Bertz CT molecular complexity index is 680. The standard InChI is InChI=1S/C20H26N2O3/c1-4-9-22-10-6-5-7-17(22)20(23)21-16-8-11-25-19-15(16)12-14(2)13-18(19)24-3/h1,12-13,16-17H,5-11H2,2-3H3,(H,21,23)/t16-,17+/m0/s1. The molecule has 1 aromatic rings. The largest absolute Gasteiger partial charge is 0.493 e. The summed E-state index contributed by atoms with van der Waals surface area (Å²) in [5, 5.41) is 3.23. The highest BCUT2D eigenvalue weighted by molar-refractivity contribution is 5.82. The summed E-state index contributed by atoms with van der Waals surface area (Å²) < 4.78 is 11.2. The maximum Gasteiger partial charge on any atom is 0.237 e. The van der Waals surface area contributed by atoms with E-state index in [1.165, 1.54) is 0 Å². The summed E-state index contributed by atoms with van der Waals surface area (Å²) in [6, 6.07) is 3.84. The van der Waals surface area contributed by atoms with Gasteiger partial charge in [0.2, 0.25) is 5.91 Å². The Morgan fingerprint density at radius 2 is 2.28 bits per heavy atom. The van der Waals surface area contributed by atoms with Crippen molar-refractivity contribution in [2.45, 2.75) is 44.7 Å². The van der Waals surface area contributed by atoms with Gasteiger partial charge < -0.3 is 14.8 Å². The minimum absolute atomic E-state index is 0.0559. The lowest BCUT2D eigenvalue weighted by molar-refractivity contribution is -0.128. The summed E-state index contributed by atoms with van der Waals surface area (Å²) in [6.07, 6.45) is 9.25. The average molecular weight is 342 g/mol. The lowest BCUT2D eigenvalue weighted by atomic mass is 9.96. The third-order valence-corrected chi connectivity index (χ3v) is 5.00. The average Bonchev–Trinajstić information content (AvgIpc) is 2.62. The number of ether oxygens (including phenoxy) is 2. The van der Waals surface area contributed by atoms with Crippen molar-refractivity contribution in [2.24, 2.45) is 0 Å². The fraction of sp³-hybridized carbons (Fsp3) is 0.550. The number of piperidine rings is 1. The van der Waals surface area contributed by atoms with Gasteiger partial charge in [0.1, 0.15) is 0 Å². The first-order valence-corrected chi connectivity index (χ1v) is 8.93. The molecule has 1 fully saturated rings. The number of nitrogens with zero attached hydrogens (tertiary/aromatic N) is 1. The number of amides is 1. The van der Waals surface area contributed by atoms with Gasteiger partial charge in [0.05, 0.1) is 32.3 Å². The molecule has 2 aliphatic heterocycles. The number of benzene rings is 1. The van der Waals surface area contributed by atoms with Crippen LogP contribution in [0.1, 0.15) is 42.9 Å². The first-order valence-electron chi connectivity index (χ1n) is 8.93. The van der Waals surface area contributed by atoms with Crippen molar-refractivity contribution >= 4 is 5.91 Å². The highest BCUT2D eigenvalue weighted by Crippen LogP contribution is 2.40. The fourth-order valence-electron chi connectivity index (χ4n) is 3.78. The number of carbonyl (C=O) groups is 1. The van der Waals surface area contributed by atoms with E-state index >= 15 is 0 Å². The number of methoxy groups -OCH3 is 1. The van der Waals surface area contributed by atoms with Gasteiger partial charge in [-0.05, 0) is 37.9 Å². The molecule has 1 aromatic carbocycles. The second-order valence-corrected chi connectivity index (χ2v) is 6.77. The van der Waals surface area contributed by atoms with E-state index in [4.69, 9.17) is 15.9 Å². The van der Waals surface area contributed by atoms with E-state index in [9.17, 15) is 4.79 Å². The van der Waals surface area contributed by atoms with Gasteiger partial charge in [-0.1, -0.05) is 18.4 Å². The number of hydrogen-bond donors (Lipinski definition) is 1. The molecule has 2 atom stereocenters. The molecular weight excluding hydrogens is 316 g/mol. The normalized spacial score (nSPS) is 23.1. The molecule has 1 N–H and O–H groups in total. The van der Waals surface area contributed by atoms with Crippen LogP contribution in [-0.2, 0) is 4.79 Å². The molecule has 0 unspecified atom stereocenters. The number of fused-ring (bicyclic) bond motifs is 1. The summed E-state index contributed by atoms with van der Waals surface area (Å²) in [7, 11) is 1.64. The Morgan fingerprint density at radius 3 is 3.04 bits per heavy atom. The Balaban J connectivity index is 1.79. The maximum atomic E-state index is 12.9. The molecule has 0 radical (unpaired) electrons. The Labute approximate surface area is 149 Å². The lowest BCUT2D eigenvalue weighted by Gasteiger charge is -2.35. The van der Waals surface area contributed by atoms with Crippen LogP contribution in [0, 0.1) is 19.3 Å². The molecular formula is C20H26N2O3. The molecule has 0 aromatic heterocycles. The van der Waals surface area contributed by atoms with Crippen LogP contribution in [0.4, 0.5) is 0 Å². The highest BCUT2D eigenvalue weighted by atomic mass is 16.5. The van der Waals surface area contributed by atoms with Crippen molar-refractivity contribution in [1.82, 2.24) is 10.2 Å². The lowest BCUT2D eigenvalue weighted by Crippen LogP contribution is -2.50. The zero-order valence-corrected chi connectivity index (χ0v) is 15.0. The van der Waals surface area contributed by atoms with E-state index in [0.717, 1.165) is 54.9 Å². The zero-order chi connectivity index (χ0) is 17.8. The molecule has 5 heteroatoms. The number of nitrogens with one attached hydrogen (secondary N) is 1. The van der Waals surface area contributed by atoms with Gasteiger partial charge in [-0.2, -0.15) is 0 Å². The van der Waals surface area contributed by atoms with E-state index in [-0.39, 0.29) is 18.0 Å². The van der Waals surface area contributed by atoms with Gasteiger partial charge in [0, 0.05) is 12.0 Å². The molecule has 1 saturated heterocycles. The molecule has 1 amide bonds. The molecule has 134 valence electrons. The number of carbonyl (C=O) groups excluding carboxylic acids is 1. The highest BCUT2D eigenvalue weighted by Gasteiger charge is 2.32. The minimum atomic E-state index is -0.136. The van der Waals surface area contributed by atoms with Gasteiger partial charge >= 0.3 is 0 Å². The number of aryl methyl sites for hydroxylation is 1. The molecule has 3 rings (SSSR count). The van der Waals surface area contributed by atoms with Gasteiger partial charge in [-0.25, -0.2) is 0 Å². The van der Waals surface area contributed by atoms with Gasteiger partial charge in [0.15, 0.2) is 11.5 Å². The summed E-state index contributed by atoms with van der Waals surface area (Å²) >= 11 is 0. The van der Waals surface area contributed by atoms with Crippen molar-refractivity contribution in [3.8, 4) is 23.8 Å². The molecule has 2 heterocycles. The van der Waals surface area contributed by atoms with Crippen LogP contribution in [0.25, 0.3) is 0 Å². The Kier molecular flexibility index (Phi) is 5.50. The first kappa shape index (κ1) is 17.6. The van der Waals surface area contributed by atoms with Crippen LogP contribution < -0.4 is 14.8 Å². The van der Waals surface area contributed by atoms with E-state index in [1.807, 2.05) is 13.0 Å².